The molecule has 0 atom stereocenters. The van der Waals surface area contributed by atoms with Crippen LogP contribution in [0.2, 0.25) is 5.02 Å². The van der Waals surface area contributed by atoms with Gasteiger partial charge in [0.05, 0.1) is 21.7 Å². The number of halogens is 4. The maximum absolute atomic E-state index is 12.8. The summed E-state index contributed by atoms with van der Waals surface area (Å²) in [5.41, 5.74) is 5.19. The van der Waals surface area contributed by atoms with Crippen LogP contribution in [0.5, 0.6) is 0 Å². The molecule has 28 heavy (non-hydrogen) atoms. The maximum atomic E-state index is 12.8. The first-order valence-electron chi connectivity index (χ1n) is 8.08. The summed E-state index contributed by atoms with van der Waals surface area (Å²) in [6, 6.07) is 6.13. The van der Waals surface area contributed by atoms with Crippen molar-refractivity contribution in [3.05, 3.63) is 40.0 Å². The summed E-state index contributed by atoms with van der Waals surface area (Å²) in [6.45, 7) is 1.66. The highest BCUT2D eigenvalue weighted by Crippen LogP contribution is 2.34. The second kappa shape index (κ2) is 7.41. The van der Waals surface area contributed by atoms with E-state index in [1.54, 1.807) is 4.90 Å². The third-order valence-corrected chi connectivity index (χ3v) is 4.58. The van der Waals surface area contributed by atoms with E-state index in [1.807, 2.05) is 17.0 Å². The molecule has 1 aliphatic rings. The largest absolute Gasteiger partial charge is 0.417 e. The fraction of sp³-hybridized carbons (Fsp3) is 0.294. The lowest BCUT2D eigenvalue weighted by molar-refractivity contribution is -0.137. The van der Waals surface area contributed by atoms with Gasteiger partial charge in [0.25, 0.3) is 0 Å². The monoisotopic (exact) mass is 407 g/mol. The topological polar surface area (TPSA) is 106 Å². The highest BCUT2D eigenvalue weighted by atomic mass is 35.5. The fourth-order valence-corrected chi connectivity index (χ4v) is 3.16. The fourth-order valence-electron chi connectivity index (χ4n) is 2.88. The maximum Gasteiger partial charge on any atom is 0.417 e. The molecule has 1 saturated heterocycles. The normalized spacial score (nSPS) is 14.5. The van der Waals surface area contributed by atoms with Crippen LogP contribution in [0.15, 0.2) is 18.3 Å². The minimum Gasteiger partial charge on any atom is -0.383 e. The van der Waals surface area contributed by atoms with Crippen molar-refractivity contribution < 1.29 is 13.2 Å². The van der Waals surface area contributed by atoms with Crippen molar-refractivity contribution in [3.8, 4) is 12.1 Å². The van der Waals surface area contributed by atoms with Crippen molar-refractivity contribution >= 4 is 29.1 Å². The van der Waals surface area contributed by atoms with Crippen LogP contribution in [0.1, 0.15) is 16.7 Å². The summed E-state index contributed by atoms with van der Waals surface area (Å²) >= 11 is 6.00. The van der Waals surface area contributed by atoms with E-state index in [0.29, 0.717) is 32.0 Å². The average molecular weight is 408 g/mol. The molecule has 2 aromatic rings. The van der Waals surface area contributed by atoms with Crippen molar-refractivity contribution in [2.45, 2.75) is 6.18 Å². The molecule has 0 saturated carbocycles. The van der Waals surface area contributed by atoms with Crippen molar-refractivity contribution in [2.24, 2.45) is 0 Å². The third kappa shape index (κ3) is 3.73. The van der Waals surface area contributed by atoms with Gasteiger partial charge in [0.15, 0.2) is 0 Å². The zero-order valence-electron chi connectivity index (χ0n) is 14.3. The lowest BCUT2D eigenvalue weighted by Gasteiger charge is -2.36. The number of anilines is 3. The predicted molar refractivity (Wildman–Crippen MR) is 96.8 cm³/mol. The molecule has 0 bridgehead atoms. The molecule has 144 valence electrons. The van der Waals surface area contributed by atoms with E-state index >= 15 is 0 Å². The van der Waals surface area contributed by atoms with Crippen molar-refractivity contribution in [1.29, 1.82) is 10.5 Å². The van der Waals surface area contributed by atoms with Crippen LogP contribution in [0.4, 0.5) is 30.6 Å². The Kier molecular flexibility index (Phi) is 5.16. The van der Waals surface area contributed by atoms with Crippen LogP contribution in [0, 0.1) is 22.7 Å². The van der Waals surface area contributed by atoms with Gasteiger partial charge in [-0.05, 0) is 12.1 Å². The van der Waals surface area contributed by atoms with Crippen molar-refractivity contribution in [2.75, 3.05) is 41.7 Å². The number of alkyl halides is 3. The number of aromatic nitrogens is 2. The number of nitriles is 2. The first-order chi connectivity index (χ1) is 13.2. The number of nitrogens with zero attached hydrogens (tertiary/aromatic N) is 6. The molecule has 0 amide bonds. The molecule has 0 aromatic carbocycles. The molecular formula is C17H13ClF3N7. The van der Waals surface area contributed by atoms with E-state index in [9.17, 15) is 18.4 Å². The summed E-state index contributed by atoms with van der Waals surface area (Å²) in [6.07, 6.45) is -3.76. The van der Waals surface area contributed by atoms with Gasteiger partial charge in [-0.1, -0.05) is 11.6 Å². The molecule has 2 N–H and O–H groups in total. The number of hydrogen-bond donors (Lipinski definition) is 1. The minimum atomic E-state index is -4.51. The van der Waals surface area contributed by atoms with Gasteiger partial charge in [-0.15, -0.1) is 0 Å². The van der Waals surface area contributed by atoms with Crippen molar-refractivity contribution in [1.82, 2.24) is 9.97 Å². The Morgan fingerprint density at radius 2 is 1.57 bits per heavy atom. The first-order valence-corrected chi connectivity index (χ1v) is 8.45. The molecule has 0 aliphatic carbocycles. The van der Waals surface area contributed by atoms with Gasteiger partial charge in [0, 0.05) is 32.4 Å². The average Bonchev–Trinajstić information content (AvgIpc) is 2.67. The smallest absolute Gasteiger partial charge is 0.383 e. The van der Waals surface area contributed by atoms with Gasteiger partial charge >= 0.3 is 6.18 Å². The van der Waals surface area contributed by atoms with E-state index in [1.165, 1.54) is 6.07 Å². The molecule has 3 heterocycles. The molecule has 0 radical (unpaired) electrons. The molecule has 0 spiro atoms. The number of nitrogens with two attached hydrogens (primary N) is 1. The van der Waals surface area contributed by atoms with Gasteiger partial charge in [-0.25, -0.2) is 9.97 Å². The number of hydrogen-bond acceptors (Lipinski definition) is 7. The highest BCUT2D eigenvalue weighted by Gasteiger charge is 2.32. The summed E-state index contributed by atoms with van der Waals surface area (Å²) in [5.74, 6) is 0.665. The minimum absolute atomic E-state index is 0.0337. The SMILES string of the molecule is N#Cc1cc(C#N)c(N2CCN(c3ncc(C(F)(F)F)cc3Cl)CC2)nc1N. The van der Waals surface area contributed by atoms with Crippen LogP contribution in [-0.2, 0) is 6.18 Å². The van der Waals surface area contributed by atoms with Crippen LogP contribution in [-0.4, -0.2) is 36.1 Å². The summed E-state index contributed by atoms with van der Waals surface area (Å²) in [4.78, 5) is 11.6. The molecule has 11 heteroatoms. The Bertz CT molecular complexity index is 986. The number of nitrogen functional groups attached to an aromatic ring is 1. The molecular weight excluding hydrogens is 395 g/mol. The number of pyridine rings is 2. The zero-order valence-corrected chi connectivity index (χ0v) is 15.1. The van der Waals surface area contributed by atoms with Gasteiger partial charge in [-0.2, -0.15) is 23.7 Å². The Morgan fingerprint density at radius 1 is 1.00 bits per heavy atom. The summed E-state index contributed by atoms with van der Waals surface area (Å²) in [7, 11) is 0. The summed E-state index contributed by atoms with van der Waals surface area (Å²) in [5, 5.41) is 18.2. The van der Waals surface area contributed by atoms with Gasteiger partial charge < -0.3 is 15.5 Å². The van der Waals surface area contributed by atoms with Crippen molar-refractivity contribution in [3.63, 3.8) is 0 Å². The summed E-state index contributed by atoms with van der Waals surface area (Å²) < 4.78 is 38.3. The first kappa shape index (κ1) is 19.5. The van der Waals surface area contributed by atoms with E-state index in [0.717, 1.165) is 12.3 Å². The van der Waals surface area contributed by atoms with Crippen LogP contribution >= 0.6 is 11.6 Å². The standard InChI is InChI=1S/C17H13ClF3N7/c18-13-6-12(17(19,20)21)9-25-16(13)28-3-1-27(2-4-28)15-11(8-23)5-10(7-22)14(24)26-15/h5-6,9H,1-4H2,(H2,24,26). The zero-order chi connectivity index (χ0) is 20.5. The molecule has 1 aliphatic heterocycles. The molecule has 0 unspecified atom stereocenters. The lowest BCUT2D eigenvalue weighted by atomic mass is 10.1. The highest BCUT2D eigenvalue weighted by molar-refractivity contribution is 6.33. The van der Waals surface area contributed by atoms with E-state index in [2.05, 4.69) is 9.97 Å². The second-order valence-corrected chi connectivity index (χ2v) is 6.42. The lowest BCUT2D eigenvalue weighted by Crippen LogP contribution is -2.47. The van der Waals surface area contributed by atoms with E-state index < -0.39 is 11.7 Å². The molecule has 3 rings (SSSR count). The molecule has 7 nitrogen and oxygen atoms in total. The number of rotatable bonds is 2. The van der Waals surface area contributed by atoms with E-state index in [-0.39, 0.29) is 27.8 Å². The third-order valence-electron chi connectivity index (χ3n) is 4.30. The van der Waals surface area contributed by atoms with Gasteiger partial charge in [-0.3, -0.25) is 0 Å². The van der Waals surface area contributed by atoms with Gasteiger partial charge in [0.1, 0.15) is 29.6 Å². The van der Waals surface area contributed by atoms with Crippen LogP contribution in [0.3, 0.4) is 0 Å². The van der Waals surface area contributed by atoms with Crippen LogP contribution < -0.4 is 15.5 Å². The van der Waals surface area contributed by atoms with Gasteiger partial charge in [0.2, 0.25) is 0 Å². The Balaban J connectivity index is 1.78. The Hall–Kier alpha value is -3.24. The Morgan fingerprint density at radius 3 is 2.07 bits per heavy atom. The predicted octanol–water partition coefficient (Wildman–Crippen LogP) is 2.80. The van der Waals surface area contributed by atoms with Crippen LogP contribution in [0.25, 0.3) is 0 Å². The second-order valence-electron chi connectivity index (χ2n) is 6.02. The molecule has 2 aromatic heterocycles. The molecule has 1 fully saturated rings. The quantitative estimate of drug-likeness (QED) is 0.815. The Labute approximate surface area is 163 Å². The van der Waals surface area contributed by atoms with E-state index in [4.69, 9.17) is 22.6 Å². The number of piperazine rings is 1.